The molecule has 0 saturated carbocycles. The van der Waals surface area contributed by atoms with Crippen LogP contribution in [0.25, 0.3) is 0 Å². The van der Waals surface area contributed by atoms with Crippen LogP contribution in [0.15, 0.2) is 0 Å². The van der Waals surface area contributed by atoms with E-state index in [4.69, 9.17) is 0 Å². The number of hydrogen-bond donors (Lipinski definition) is 0. The highest BCUT2D eigenvalue weighted by molar-refractivity contribution is 14.1. The molecule has 0 unspecified atom stereocenters. The SMILES string of the molecule is FC(F)(F)c1nnc(C(F)(F)F)n1I. The smallest absolute Gasteiger partial charge is 0.238 e. The monoisotopic (exact) mass is 331 g/mol. The van der Waals surface area contributed by atoms with Crippen molar-refractivity contribution < 1.29 is 26.3 Å². The molecule has 0 bridgehead atoms. The Bertz CT molecular complexity index is 306. The number of alkyl halides is 6. The maximum Gasteiger partial charge on any atom is 0.452 e. The Hall–Kier alpha value is -0.550. The molecular formula is C4F6IN3. The summed E-state index contributed by atoms with van der Waals surface area (Å²) in [6, 6.07) is 0. The van der Waals surface area contributed by atoms with E-state index >= 15 is 0 Å². The lowest BCUT2D eigenvalue weighted by molar-refractivity contribution is -0.150. The molecule has 1 aromatic heterocycles. The van der Waals surface area contributed by atoms with Gasteiger partial charge in [0.15, 0.2) is 0 Å². The second-order valence-corrected chi connectivity index (χ2v) is 3.09. The van der Waals surface area contributed by atoms with Crippen LogP contribution in [0.4, 0.5) is 26.3 Å². The van der Waals surface area contributed by atoms with E-state index in [2.05, 4.69) is 10.2 Å². The van der Waals surface area contributed by atoms with Crippen LogP contribution in [-0.4, -0.2) is 13.0 Å². The predicted octanol–water partition coefficient (Wildman–Crippen LogP) is 2.51. The lowest BCUT2D eigenvalue weighted by atomic mass is 10.6. The van der Waals surface area contributed by atoms with Gasteiger partial charge in [0.25, 0.3) is 0 Å². The van der Waals surface area contributed by atoms with Gasteiger partial charge in [-0.2, -0.15) is 26.3 Å². The summed E-state index contributed by atoms with van der Waals surface area (Å²) in [5.74, 6) is -3.38. The fourth-order valence-electron chi connectivity index (χ4n) is 0.610. The zero-order chi connectivity index (χ0) is 11.1. The Kier molecular flexibility index (Phi) is 2.67. The van der Waals surface area contributed by atoms with Crippen molar-refractivity contribution in [3.05, 3.63) is 11.6 Å². The highest BCUT2D eigenvalue weighted by atomic mass is 127. The molecule has 10 heteroatoms. The van der Waals surface area contributed by atoms with Crippen LogP contribution >= 0.6 is 22.9 Å². The number of halogens is 7. The minimum Gasteiger partial charge on any atom is -0.238 e. The van der Waals surface area contributed by atoms with Crippen LogP contribution in [0, 0.1) is 0 Å². The first-order chi connectivity index (χ1) is 6.14. The van der Waals surface area contributed by atoms with E-state index in [1.807, 2.05) is 0 Å². The van der Waals surface area contributed by atoms with Gasteiger partial charge >= 0.3 is 12.4 Å². The molecule has 0 aliphatic carbocycles. The Morgan fingerprint density at radius 3 is 1.29 bits per heavy atom. The van der Waals surface area contributed by atoms with Crippen LogP contribution in [0.2, 0.25) is 0 Å². The van der Waals surface area contributed by atoms with Crippen molar-refractivity contribution in [3.63, 3.8) is 0 Å². The summed E-state index contributed by atoms with van der Waals surface area (Å²) < 4.78 is 71.6. The number of hydrogen-bond acceptors (Lipinski definition) is 2. The third-order valence-corrected chi connectivity index (χ3v) is 2.03. The maximum atomic E-state index is 12.0. The molecule has 0 N–H and O–H groups in total. The molecule has 14 heavy (non-hydrogen) atoms. The summed E-state index contributed by atoms with van der Waals surface area (Å²) in [5, 5.41) is 4.83. The van der Waals surface area contributed by atoms with E-state index in [1.165, 1.54) is 0 Å². The second-order valence-electron chi connectivity index (χ2n) is 2.12. The third kappa shape index (κ3) is 2.09. The first-order valence-corrected chi connectivity index (χ1v) is 3.86. The van der Waals surface area contributed by atoms with Crippen LogP contribution < -0.4 is 0 Å². The van der Waals surface area contributed by atoms with Gasteiger partial charge in [0, 0.05) is 0 Å². The minimum absolute atomic E-state index is 0.169. The van der Waals surface area contributed by atoms with Crippen molar-refractivity contribution in [2.75, 3.05) is 0 Å². The van der Waals surface area contributed by atoms with Crippen LogP contribution in [0.1, 0.15) is 11.6 Å². The molecular weight excluding hydrogens is 331 g/mol. The normalized spacial score (nSPS) is 13.4. The van der Waals surface area contributed by atoms with Gasteiger partial charge in [0.05, 0.1) is 22.9 Å². The van der Waals surface area contributed by atoms with Gasteiger partial charge in [-0.3, -0.25) is 0 Å². The molecule has 0 radical (unpaired) electrons. The fourth-order valence-corrected chi connectivity index (χ4v) is 1.35. The molecule has 0 atom stereocenters. The van der Waals surface area contributed by atoms with Crippen LogP contribution in [0.3, 0.4) is 0 Å². The molecule has 0 amide bonds. The van der Waals surface area contributed by atoms with E-state index in [0.29, 0.717) is 0 Å². The maximum absolute atomic E-state index is 12.0. The van der Waals surface area contributed by atoms with Crippen molar-refractivity contribution in [3.8, 4) is 0 Å². The largest absolute Gasteiger partial charge is 0.452 e. The molecule has 0 aliphatic heterocycles. The van der Waals surface area contributed by atoms with E-state index < -0.39 is 24.0 Å². The Balaban J connectivity index is 3.23. The number of rotatable bonds is 0. The van der Waals surface area contributed by atoms with Crippen molar-refractivity contribution in [1.82, 2.24) is 13.0 Å². The van der Waals surface area contributed by atoms with Gasteiger partial charge in [-0.05, 0) is 0 Å². The molecule has 0 spiro atoms. The molecule has 0 aliphatic rings. The van der Waals surface area contributed by atoms with E-state index in [0.717, 1.165) is 22.9 Å². The topological polar surface area (TPSA) is 30.7 Å². The molecule has 1 aromatic rings. The highest BCUT2D eigenvalue weighted by Gasteiger charge is 2.44. The van der Waals surface area contributed by atoms with E-state index in [1.54, 1.807) is 0 Å². The Morgan fingerprint density at radius 2 is 1.14 bits per heavy atom. The van der Waals surface area contributed by atoms with Crippen molar-refractivity contribution in [2.24, 2.45) is 0 Å². The average Bonchev–Trinajstić information content (AvgIpc) is 2.26. The highest BCUT2D eigenvalue weighted by Crippen LogP contribution is 2.34. The molecule has 0 fully saturated rings. The van der Waals surface area contributed by atoms with Crippen molar-refractivity contribution >= 4 is 22.9 Å². The zero-order valence-electron chi connectivity index (χ0n) is 5.99. The fraction of sp³-hybridized carbons (Fsp3) is 0.500. The molecule has 1 heterocycles. The first-order valence-electron chi connectivity index (χ1n) is 2.90. The molecule has 80 valence electrons. The lowest BCUT2D eigenvalue weighted by Gasteiger charge is -2.06. The van der Waals surface area contributed by atoms with Gasteiger partial charge in [0.1, 0.15) is 0 Å². The zero-order valence-corrected chi connectivity index (χ0v) is 8.14. The molecule has 0 saturated heterocycles. The summed E-state index contributed by atoms with van der Waals surface area (Å²) in [4.78, 5) is 0. The predicted molar refractivity (Wildman–Crippen MR) is 39.4 cm³/mol. The number of aromatic nitrogens is 3. The van der Waals surface area contributed by atoms with Crippen molar-refractivity contribution in [2.45, 2.75) is 12.4 Å². The van der Waals surface area contributed by atoms with Gasteiger partial charge in [-0.1, -0.05) is 0 Å². The average molecular weight is 331 g/mol. The lowest BCUT2D eigenvalue weighted by Crippen LogP contribution is -2.14. The molecule has 0 aromatic carbocycles. The van der Waals surface area contributed by atoms with Gasteiger partial charge in [0.2, 0.25) is 11.6 Å². The Morgan fingerprint density at radius 1 is 0.857 bits per heavy atom. The second kappa shape index (κ2) is 3.24. The van der Waals surface area contributed by atoms with Gasteiger partial charge < -0.3 is 0 Å². The summed E-state index contributed by atoms with van der Waals surface area (Å²) in [6.07, 6.45) is -9.89. The van der Waals surface area contributed by atoms with Gasteiger partial charge in [-0.25, -0.2) is 2.78 Å². The van der Waals surface area contributed by atoms with Gasteiger partial charge in [-0.15, -0.1) is 10.2 Å². The third-order valence-electron chi connectivity index (χ3n) is 1.12. The summed E-state index contributed by atoms with van der Waals surface area (Å²) in [6.45, 7) is 0. The van der Waals surface area contributed by atoms with Crippen LogP contribution in [-0.2, 0) is 12.4 Å². The minimum atomic E-state index is -4.95. The quantitative estimate of drug-likeness (QED) is 0.540. The molecule has 3 nitrogen and oxygen atoms in total. The number of nitrogens with zero attached hydrogens (tertiary/aromatic N) is 3. The summed E-state index contributed by atoms with van der Waals surface area (Å²) >= 11 is 0.838. The standard InChI is InChI=1S/C4F6IN3/c5-3(6,7)1-12-13-2(14(1)11)4(8,9)10. The Labute approximate surface area is 86.6 Å². The summed E-state index contributed by atoms with van der Waals surface area (Å²) in [7, 11) is 0. The van der Waals surface area contributed by atoms with E-state index in [9.17, 15) is 26.3 Å². The summed E-state index contributed by atoms with van der Waals surface area (Å²) in [5.41, 5.74) is 0. The first kappa shape index (κ1) is 11.5. The van der Waals surface area contributed by atoms with Crippen LogP contribution in [0.5, 0.6) is 0 Å². The van der Waals surface area contributed by atoms with E-state index in [-0.39, 0.29) is 2.78 Å². The molecule has 1 rings (SSSR count). The van der Waals surface area contributed by atoms with Crippen molar-refractivity contribution in [1.29, 1.82) is 0 Å².